The summed E-state index contributed by atoms with van der Waals surface area (Å²) in [4.78, 5) is 16.5. The number of hydrogen-bond donors (Lipinski definition) is 2. The number of nitrogens with one attached hydrogen (secondary N) is 2. The van der Waals surface area contributed by atoms with Crippen molar-refractivity contribution in [3.63, 3.8) is 0 Å². The lowest BCUT2D eigenvalue weighted by molar-refractivity contribution is -0.117. The van der Waals surface area contributed by atoms with Crippen LogP contribution in [0.5, 0.6) is 0 Å². The molecule has 0 spiro atoms. The molecule has 1 aliphatic rings. The van der Waals surface area contributed by atoms with Crippen LogP contribution in [0.15, 0.2) is 35.8 Å². The SMILES string of the molecule is O=C(CC1COCCN1)Nc1scnc1-c1ccccc1. The first-order chi connectivity index (χ1) is 10.3. The van der Waals surface area contributed by atoms with Crippen molar-refractivity contribution in [1.29, 1.82) is 0 Å². The van der Waals surface area contributed by atoms with E-state index in [1.165, 1.54) is 11.3 Å². The fourth-order valence-electron chi connectivity index (χ4n) is 2.29. The van der Waals surface area contributed by atoms with Gasteiger partial charge in [0, 0.05) is 24.6 Å². The fourth-order valence-corrected chi connectivity index (χ4v) is 3.01. The zero-order valence-corrected chi connectivity index (χ0v) is 12.4. The number of benzene rings is 1. The first kappa shape index (κ1) is 14.2. The summed E-state index contributed by atoms with van der Waals surface area (Å²) >= 11 is 1.44. The fraction of sp³-hybridized carbons (Fsp3) is 0.333. The molecule has 0 radical (unpaired) electrons. The summed E-state index contributed by atoms with van der Waals surface area (Å²) in [7, 11) is 0. The van der Waals surface area contributed by atoms with Crippen LogP contribution in [-0.4, -0.2) is 36.7 Å². The number of hydrogen-bond acceptors (Lipinski definition) is 5. The minimum absolute atomic E-state index is 0.0144. The molecule has 1 saturated heterocycles. The minimum atomic E-state index is -0.0144. The number of carbonyl (C=O) groups excluding carboxylic acids is 1. The standard InChI is InChI=1S/C15H17N3O2S/c19-13(8-12-9-20-7-6-16-12)18-15-14(17-10-21-15)11-4-2-1-3-5-11/h1-5,10,12,16H,6-9H2,(H,18,19). The van der Waals surface area contributed by atoms with Gasteiger partial charge in [0.25, 0.3) is 0 Å². The van der Waals surface area contributed by atoms with Gasteiger partial charge < -0.3 is 15.4 Å². The molecule has 0 saturated carbocycles. The quantitative estimate of drug-likeness (QED) is 0.908. The van der Waals surface area contributed by atoms with Gasteiger partial charge in [-0.05, 0) is 0 Å². The zero-order chi connectivity index (χ0) is 14.5. The van der Waals surface area contributed by atoms with Crippen molar-refractivity contribution in [2.45, 2.75) is 12.5 Å². The molecule has 3 rings (SSSR count). The smallest absolute Gasteiger partial charge is 0.226 e. The van der Waals surface area contributed by atoms with Crippen molar-refractivity contribution in [2.24, 2.45) is 0 Å². The van der Waals surface area contributed by atoms with E-state index in [-0.39, 0.29) is 11.9 Å². The average molecular weight is 303 g/mol. The molecular formula is C15H17N3O2S. The Balaban J connectivity index is 1.65. The predicted molar refractivity (Wildman–Crippen MR) is 83.4 cm³/mol. The van der Waals surface area contributed by atoms with Crippen LogP contribution >= 0.6 is 11.3 Å². The Hall–Kier alpha value is -1.76. The van der Waals surface area contributed by atoms with E-state index in [1.807, 2.05) is 30.3 Å². The van der Waals surface area contributed by atoms with E-state index in [0.717, 1.165) is 22.8 Å². The highest BCUT2D eigenvalue weighted by molar-refractivity contribution is 7.14. The number of nitrogens with zero attached hydrogens (tertiary/aromatic N) is 1. The van der Waals surface area contributed by atoms with Gasteiger partial charge in [-0.1, -0.05) is 30.3 Å². The lowest BCUT2D eigenvalue weighted by Gasteiger charge is -2.23. The van der Waals surface area contributed by atoms with Crippen LogP contribution < -0.4 is 10.6 Å². The van der Waals surface area contributed by atoms with Crippen molar-refractivity contribution in [1.82, 2.24) is 10.3 Å². The third-order valence-electron chi connectivity index (χ3n) is 3.30. The van der Waals surface area contributed by atoms with E-state index in [9.17, 15) is 4.79 Å². The number of thiazole rings is 1. The van der Waals surface area contributed by atoms with Crippen LogP contribution in [0.4, 0.5) is 5.00 Å². The molecule has 6 heteroatoms. The Labute approximate surface area is 127 Å². The molecule has 1 aromatic carbocycles. The van der Waals surface area contributed by atoms with Gasteiger partial charge in [-0.3, -0.25) is 4.79 Å². The zero-order valence-electron chi connectivity index (χ0n) is 11.5. The second-order valence-corrected chi connectivity index (χ2v) is 5.73. The van der Waals surface area contributed by atoms with E-state index >= 15 is 0 Å². The van der Waals surface area contributed by atoms with Crippen molar-refractivity contribution >= 4 is 22.2 Å². The molecule has 2 heterocycles. The lowest BCUT2D eigenvalue weighted by Crippen LogP contribution is -2.43. The maximum Gasteiger partial charge on any atom is 0.226 e. The number of anilines is 1. The van der Waals surface area contributed by atoms with Gasteiger partial charge in [0.05, 0.1) is 18.7 Å². The molecule has 2 N–H and O–H groups in total. The van der Waals surface area contributed by atoms with Crippen LogP contribution in [-0.2, 0) is 9.53 Å². The van der Waals surface area contributed by atoms with Crippen molar-refractivity contribution < 1.29 is 9.53 Å². The molecule has 110 valence electrons. The van der Waals surface area contributed by atoms with Gasteiger partial charge in [-0.25, -0.2) is 4.98 Å². The minimum Gasteiger partial charge on any atom is -0.378 e. The maximum atomic E-state index is 12.1. The molecule has 1 fully saturated rings. The molecule has 21 heavy (non-hydrogen) atoms. The molecule has 5 nitrogen and oxygen atoms in total. The maximum absolute atomic E-state index is 12.1. The summed E-state index contributed by atoms with van der Waals surface area (Å²) < 4.78 is 5.36. The topological polar surface area (TPSA) is 63.2 Å². The molecule has 0 bridgehead atoms. The molecule has 0 aliphatic carbocycles. The number of amides is 1. The van der Waals surface area contributed by atoms with E-state index in [4.69, 9.17) is 4.74 Å². The van der Waals surface area contributed by atoms with Crippen LogP contribution in [0.25, 0.3) is 11.3 Å². The van der Waals surface area contributed by atoms with Gasteiger partial charge in [0.2, 0.25) is 5.91 Å². The van der Waals surface area contributed by atoms with E-state index in [0.29, 0.717) is 19.6 Å². The summed E-state index contributed by atoms with van der Waals surface area (Å²) in [6.07, 6.45) is 0.409. The van der Waals surface area contributed by atoms with Crippen LogP contribution in [0.2, 0.25) is 0 Å². The van der Waals surface area contributed by atoms with E-state index < -0.39 is 0 Å². The number of ether oxygens (including phenoxy) is 1. The average Bonchev–Trinajstić information content (AvgIpc) is 2.97. The van der Waals surface area contributed by atoms with Crippen molar-refractivity contribution in [3.05, 3.63) is 35.8 Å². The van der Waals surface area contributed by atoms with Gasteiger partial charge >= 0.3 is 0 Å². The molecule has 1 amide bonds. The second-order valence-electron chi connectivity index (χ2n) is 4.87. The summed E-state index contributed by atoms with van der Waals surface area (Å²) in [6.45, 7) is 2.10. The Morgan fingerprint density at radius 3 is 3.05 bits per heavy atom. The van der Waals surface area contributed by atoms with Crippen LogP contribution in [0, 0.1) is 0 Å². The highest BCUT2D eigenvalue weighted by Gasteiger charge is 2.18. The number of carbonyl (C=O) groups is 1. The summed E-state index contributed by atoms with van der Waals surface area (Å²) in [6, 6.07) is 9.95. The molecule has 1 aliphatic heterocycles. The first-order valence-electron chi connectivity index (χ1n) is 6.93. The van der Waals surface area contributed by atoms with Crippen molar-refractivity contribution in [2.75, 3.05) is 25.1 Å². The number of morpholine rings is 1. The van der Waals surface area contributed by atoms with E-state index in [1.54, 1.807) is 5.51 Å². The summed E-state index contributed by atoms with van der Waals surface area (Å²) in [5, 5.41) is 7.03. The largest absolute Gasteiger partial charge is 0.378 e. The molecule has 1 aromatic heterocycles. The monoisotopic (exact) mass is 303 g/mol. The predicted octanol–water partition coefficient (Wildman–Crippen LogP) is 2.13. The van der Waals surface area contributed by atoms with Gasteiger partial charge in [-0.2, -0.15) is 0 Å². The lowest BCUT2D eigenvalue weighted by atomic mass is 10.1. The summed E-state index contributed by atoms with van der Waals surface area (Å²) in [5.74, 6) is -0.0144. The Morgan fingerprint density at radius 2 is 2.29 bits per heavy atom. The molecule has 1 atom stereocenters. The summed E-state index contributed by atoms with van der Waals surface area (Å²) in [5.41, 5.74) is 3.58. The number of aromatic nitrogens is 1. The molecular weight excluding hydrogens is 286 g/mol. The van der Waals surface area contributed by atoms with E-state index in [2.05, 4.69) is 15.6 Å². The van der Waals surface area contributed by atoms with Gasteiger partial charge in [0.15, 0.2) is 0 Å². The third-order valence-corrected chi connectivity index (χ3v) is 4.04. The van der Waals surface area contributed by atoms with Gasteiger partial charge in [-0.15, -0.1) is 11.3 Å². The van der Waals surface area contributed by atoms with Crippen LogP contribution in [0.3, 0.4) is 0 Å². The molecule has 2 aromatic rings. The number of rotatable bonds is 4. The van der Waals surface area contributed by atoms with Crippen LogP contribution in [0.1, 0.15) is 6.42 Å². The van der Waals surface area contributed by atoms with Crippen molar-refractivity contribution in [3.8, 4) is 11.3 Å². The third kappa shape index (κ3) is 3.66. The Kier molecular flexibility index (Phi) is 4.59. The molecule has 1 unspecified atom stereocenters. The Bertz CT molecular complexity index is 594. The normalized spacial score (nSPS) is 18.4. The highest BCUT2D eigenvalue weighted by Crippen LogP contribution is 2.30. The second kappa shape index (κ2) is 6.80. The Morgan fingerprint density at radius 1 is 1.43 bits per heavy atom. The highest BCUT2D eigenvalue weighted by atomic mass is 32.1. The first-order valence-corrected chi connectivity index (χ1v) is 7.81. The van der Waals surface area contributed by atoms with Gasteiger partial charge in [0.1, 0.15) is 10.7 Å².